The molecular formula is C10H9IN2S. The number of hydrogen-bond donors (Lipinski definition) is 1. The van der Waals surface area contributed by atoms with E-state index < -0.39 is 0 Å². The van der Waals surface area contributed by atoms with Gasteiger partial charge in [0.25, 0.3) is 0 Å². The molecule has 0 amide bonds. The predicted molar refractivity (Wildman–Crippen MR) is 68.5 cm³/mol. The highest BCUT2D eigenvalue weighted by molar-refractivity contribution is 14.1. The van der Waals surface area contributed by atoms with Crippen molar-refractivity contribution in [1.29, 1.82) is 0 Å². The van der Waals surface area contributed by atoms with Gasteiger partial charge in [0.2, 0.25) is 0 Å². The Morgan fingerprint density at radius 1 is 1.29 bits per heavy atom. The van der Waals surface area contributed by atoms with Gasteiger partial charge in [-0.15, -0.1) is 11.8 Å². The van der Waals surface area contributed by atoms with Crippen molar-refractivity contribution in [3.63, 3.8) is 0 Å². The maximum Gasteiger partial charge on any atom is 0.107 e. The van der Waals surface area contributed by atoms with Gasteiger partial charge in [-0.3, -0.25) is 5.10 Å². The third-order valence-electron chi connectivity index (χ3n) is 1.93. The van der Waals surface area contributed by atoms with Crippen LogP contribution in [0.5, 0.6) is 0 Å². The van der Waals surface area contributed by atoms with Crippen LogP contribution in [0, 0.1) is 3.57 Å². The molecule has 1 heterocycles. The first-order chi connectivity index (χ1) is 6.83. The van der Waals surface area contributed by atoms with Gasteiger partial charge in [0.05, 0.1) is 3.57 Å². The Balaban J connectivity index is 2.48. The van der Waals surface area contributed by atoms with Gasteiger partial charge in [0.1, 0.15) is 10.7 Å². The smallest absolute Gasteiger partial charge is 0.107 e. The Morgan fingerprint density at radius 3 is 2.57 bits per heavy atom. The van der Waals surface area contributed by atoms with E-state index in [-0.39, 0.29) is 0 Å². The number of hydrogen-bond acceptors (Lipinski definition) is 2. The fourth-order valence-corrected chi connectivity index (χ4v) is 2.86. The highest BCUT2D eigenvalue weighted by Gasteiger charge is 2.10. The van der Waals surface area contributed by atoms with Gasteiger partial charge in [-0.25, -0.2) is 0 Å². The molecule has 0 radical (unpaired) electrons. The second-order valence-corrected chi connectivity index (χ2v) is 4.68. The standard InChI is InChI=1S/C10H9IN2S/c1-14-10-8(11)9(12-13-10)7-5-3-2-4-6-7/h2-6H,1H3,(H,12,13). The van der Waals surface area contributed by atoms with Crippen LogP contribution in [-0.2, 0) is 0 Å². The lowest BCUT2D eigenvalue weighted by Crippen LogP contribution is -1.79. The van der Waals surface area contributed by atoms with Crippen LogP contribution in [0.25, 0.3) is 11.3 Å². The van der Waals surface area contributed by atoms with Gasteiger partial charge in [-0.2, -0.15) is 5.10 Å². The van der Waals surface area contributed by atoms with Crippen molar-refractivity contribution in [3.8, 4) is 11.3 Å². The van der Waals surface area contributed by atoms with Crippen LogP contribution in [0.3, 0.4) is 0 Å². The van der Waals surface area contributed by atoms with E-state index in [1.807, 2.05) is 24.5 Å². The van der Waals surface area contributed by atoms with Gasteiger partial charge in [0, 0.05) is 5.56 Å². The molecule has 0 bridgehead atoms. The molecule has 2 nitrogen and oxygen atoms in total. The zero-order valence-corrected chi connectivity index (χ0v) is 10.6. The molecule has 0 aliphatic rings. The summed E-state index contributed by atoms with van der Waals surface area (Å²) in [6.07, 6.45) is 2.05. The maximum absolute atomic E-state index is 4.30. The van der Waals surface area contributed by atoms with E-state index in [1.54, 1.807) is 11.8 Å². The maximum atomic E-state index is 4.30. The Kier molecular flexibility index (Phi) is 3.12. The van der Waals surface area contributed by atoms with Crippen molar-refractivity contribution in [2.75, 3.05) is 6.26 Å². The van der Waals surface area contributed by atoms with E-state index in [1.165, 1.54) is 3.57 Å². The molecule has 0 aliphatic heterocycles. The first-order valence-electron chi connectivity index (χ1n) is 4.16. The number of rotatable bonds is 2. The Hall–Kier alpha value is -0.490. The van der Waals surface area contributed by atoms with E-state index in [4.69, 9.17) is 0 Å². The molecule has 1 N–H and O–H groups in total. The molecule has 2 aromatic rings. The first-order valence-corrected chi connectivity index (χ1v) is 6.46. The van der Waals surface area contributed by atoms with Crippen molar-refractivity contribution < 1.29 is 0 Å². The number of nitrogens with one attached hydrogen (secondary N) is 1. The Morgan fingerprint density at radius 2 is 2.00 bits per heavy atom. The molecule has 0 aliphatic carbocycles. The molecule has 0 saturated carbocycles. The molecule has 0 atom stereocenters. The lowest BCUT2D eigenvalue weighted by Gasteiger charge is -1.96. The number of H-pyrrole nitrogens is 1. The molecule has 1 aromatic carbocycles. The van der Waals surface area contributed by atoms with Crippen molar-refractivity contribution >= 4 is 34.4 Å². The summed E-state index contributed by atoms with van der Waals surface area (Å²) in [7, 11) is 0. The monoisotopic (exact) mass is 316 g/mol. The third-order valence-corrected chi connectivity index (χ3v) is 4.05. The minimum Gasteiger partial charge on any atom is -0.270 e. The number of nitrogens with zero attached hydrogens (tertiary/aromatic N) is 1. The van der Waals surface area contributed by atoms with Gasteiger partial charge >= 0.3 is 0 Å². The van der Waals surface area contributed by atoms with E-state index >= 15 is 0 Å². The molecule has 72 valence electrons. The normalized spacial score (nSPS) is 10.4. The molecule has 0 spiro atoms. The van der Waals surface area contributed by atoms with Crippen LogP contribution in [0.15, 0.2) is 35.4 Å². The van der Waals surface area contributed by atoms with Crippen LogP contribution < -0.4 is 0 Å². The van der Waals surface area contributed by atoms with Crippen molar-refractivity contribution in [1.82, 2.24) is 10.2 Å². The van der Waals surface area contributed by atoms with E-state index in [2.05, 4.69) is 44.9 Å². The van der Waals surface area contributed by atoms with Gasteiger partial charge in [0.15, 0.2) is 0 Å². The number of aromatic nitrogens is 2. The largest absolute Gasteiger partial charge is 0.270 e. The number of aromatic amines is 1. The quantitative estimate of drug-likeness (QED) is 0.679. The average molecular weight is 316 g/mol. The minimum absolute atomic E-state index is 1.04. The van der Waals surface area contributed by atoms with Gasteiger partial charge in [-0.1, -0.05) is 30.3 Å². The van der Waals surface area contributed by atoms with Crippen LogP contribution in [0.1, 0.15) is 0 Å². The molecule has 2 rings (SSSR count). The van der Waals surface area contributed by atoms with Crippen LogP contribution in [0.4, 0.5) is 0 Å². The average Bonchev–Trinajstić information content (AvgIpc) is 2.61. The number of benzene rings is 1. The molecule has 0 fully saturated rings. The number of thioether (sulfide) groups is 1. The molecule has 14 heavy (non-hydrogen) atoms. The van der Waals surface area contributed by atoms with Crippen molar-refractivity contribution in [3.05, 3.63) is 33.9 Å². The predicted octanol–water partition coefficient (Wildman–Crippen LogP) is 3.40. The van der Waals surface area contributed by atoms with E-state index in [9.17, 15) is 0 Å². The molecular weight excluding hydrogens is 307 g/mol. The molecule has 1 aromatic heterocycles. The summed E-state index contributed by atoms with van der Waals surface area (Å²) in [5.41, 5.74) is 2.20. The summed E-state index contributed by atoms with van der Waals surface area (Å²) in [5, 5.41) is 8.46. The highest BCUT2D eigenvalue weighted by atomic mass is 127. The topological polar surface area (TPSA) is 28.7 Å². The highest BCUT2D eigenvalue weighted by Crippen LogP contribution is 2.29. The third kappa shape index (κ3) is 1.81. The summed E-state index contributed by atoms with van der Waals surface area (Å²) < 4.78 is 1.20. The fourth-order valence-electron chi connectivity index (χ4n) is 1.23. The Bertz CT molecular complexity index is 425. The summed E-state index contributed by atoms with van der Waals surface area (Å²) in [6.45, 7) is 0. The Labute approximate surface area is 101 Å². The summed E-state index contributed by atoms with van der Waals surface area (Å²) in [6, 6.07) is 10.2. The second-order valence-electron chi connectivity index (χ2n) is 2.79. The molecule has 4 heteroatoms. The van der Waals surface area contributed by atoms with E-state index in [0.29, 0.717) is 0 Å². The van der Waals surface area contributed by atoms with Crippen molar-refractivity contribution in [2.24, 2.45) is 0 Å². The van der Waals surface area contributed by atoms with Gasteiger partial charge < -0.3 is 0 Å². The molecule has 0 unspecified atom stereocenters. The van der Waals surface area contributed by atoms with Crippen molar-refractivity contribution in [2.45, 2.75) is 5.03 Å². The summed E-state index contributed by atoms with van der Waals surface area (Å²) in [4.78, 5) is 0. The summed E-state index contributed by atoms with van der Waals surface area (Å²) >= 11 is 4.01. The van der Waals surface area contributed by atoms with Crippen LogP contribution >= 0.6 is 34.4 Å². The zero-order chi connectivity index (χ0) is 9.97. The van der Waals surface area contributed by atoms with Gasteiger partial charge in [-0.05, 0) is 28.8 Å². The SMILES string of the molecule is CSc1[nH]nc(-c2ccccc2)c1I. The van der Waals surface area contributed by atoms with Crippen LogP contribution in [0.2, 0.25) is 0 Å². The minimum atomic E-state index is 1.04. The molecule has 0 saturated heterocycles. The first kappa shape index (κ1) is 10.0. The summed E-state index contributed by atoms with van der Waals surface area (Å²) in [5.74, 6) is 0. The lowest BCUT2D eigenvalue weighted by molar-refractivity contribution is 1.00. The van der Waals surface area contributed by atoms with E-state index in [0.717, 1.165) is 16.3 Å². The fraction of sp³-hybridized carbons (Fsp3) is 0.100. The van der Waals surface area contributed by atoms with Crippen LogP contribution in [-0.4, -0.2) is 16.5 Å². The lowest BCUT2D eigenvalue weighted by atomic mass is 10.2. The second kappa shape index (κ2) is 4.35. The zero-order valence-electron chi connectivity index (χ0n) is 7.62. The number of halogens is 1.